The molecule has 0 saturated carbocycles. The number of carbonyl (C=O) groups excluding carboxylic acids is 1. The van der Waals surface area contributed by atoms with Crippen molar-refractivity contribution in [3.8, 4) is 5.75 Å². The highest BCUT2D eigenvalue weighted by Crippen LogP contribution is 2.17. The Hall–Kier alpha value is -2.44. The van der Waals surface area contributed by atoms with Crippen LogP contribution in [0.15, 0.2) is 86.8 Å². The summed E-state index contributed by atoms with van der Waals surface area (Å²) in [5, 5.41) is 4.02. The molecule has 0 unspecified atom stereocenters. The van der Waals surface area contributed by atoms with Gasteiger partial charge in [0.2, 0.25) is 0 Å². The summed E-state index contributed by atoms with van der Waals surface area (Å²) in [5.41, 5.74) is 4.97. The van der Waals surface area contributed by atoms with Crippen molar-refractivity contribution in [3.63, 3.8) is 0 Å². The van der Waals surface area contributed by atoms with Crippen molar-refractivity contribution in [2.24, 2.45) is 5.10 Å². The van der Waals surface area contributed by atoms with Crippen LogP contribution >= 0.6 is 31.9 Å². The van der Waals surface area contributed by atoms with Crippen molar-refractivity contribution in [1.29, 1.82) is 0 Å². The Bertz CT molecular complexity index is 956. The molecule has 6 heteroatoms. The average molecular weight is 488 g/mol. The number of benzene rings is 3. The van der Waals surface area contributed by atoms with Gasteiger partial charge in [0.25, 0.3) is 5.91 Å². The standard InChI is InChI=1S/C21H16Br2N2O2/c22-17-10-8-15(9-11-17)14-27-18-5-3-4-16(12-18)13-24-25-21(26)19-6-1-2-7-20(19)23/h1-13H,14H2,(H,25,26)/b24-13-. The second-order valence-electron chi connectivity index (χ2n) is 5.67. The maximum atomic E-state index is 12.1. The molecule has 0 aliphatic carbocycles. The van der Waals surface area contributed by atoms with Crippen LogP contribution < -0.4 is 10.2 Å². The molecule has 27 heavy (non-hydrogen) atoms. The van der Waals surface area contributed by atoms with Crippen LogP contribution in [-0.4, -0.2) is 12.1 Å². The molecule has 1 N–H and O–H groups in total. The maximum Gasteiger partial charge on any atom is 0.272 e. The van der Waals surface area contributed by atoms with Crippen LogP contribution in [0.25, 0.3) is 0 Å². The van der Waals surface area contributed by atoms with Gasteiger partial charge < -0.3 is 4.74 Å². The van der Waals surface area contributed by atoms with E-state index < -0.39 is 0 Å². The van der Waals surface area contributed by atoms with Gasteiger partial charge in [-0.2, -0.15) is 5.10 Å². The van der Waals surface area contributed by atoms with Crippen molar-refractivity contribution < 1.29 is 9.53 Å². The SMILES string of the molecule is O=C(N/N=C\c1cccc(OCc2ccc(Br)cc2)c1)c1ccccc1Br. The number of nitrogens with one attached hydrogen (secondary N) is 1. The first-order valence-corrected chi connectivity index (χ1v) is 9.76. The minimum absolute atomic E-state index is 0.277. The van der Waals surface area contributed by atoms with E-state index >= 15 is 0 Å². The van der Waals surface area contributed by atoms with Gasteiger partial charge in [0.15, 0.2) is 0 Å². The molecule has 0 aliphatic rings. The van der Waals surface area contributed by atoms with E-state index in [9.17, 15) is 4.79 Å². The molecule has 0 atom stereocenters. The number of nitrogens with zero attached hydrogens (tertiary/aromatic N) is 1. The molecule has 0 aliphatic heterocycles. The molecule has 3 aromatic rings. The first kappa shape index (κ1) is 19.3. The van der Waals surface area contributed by atoms with Gasteiger partial charge in [0, 0.05) is 8.95 Å². The van der Waals surface area contributed by atoms with E-state index in [2.05, 4.69) is 42.4 Å². The van der Waals surface area contributed by atoms with Gasteiger partial charge in [-0.25, -0.2) is 5.43 Å². The fourth-order valence-corrected chi connectivity index (χ4v) is 3.03. The van der Waals surface area contributed by atoms with Gasteiger partial charge in [0.05, 0.1) is 11.8 Å². The molecule has 3 rings (SSSR count). The van der Waals surface area contributed by atoms with Crippen molar-refractivity contribution in [3.05, 3.63) is 98.4 Å². The lowest BCUT2D eigenvalue weighted by Crippen LogP contribution is -2.18. The Morgan fingerprint density at radius 2 is 1.78 bits per heavy atom. The van der Waals surface area contributed by atoms with Crippen LogP contribution in [0.5, 0.6) is 5.75 Å². The van der Waals surface area contributed by atoms with Crippen LogP contribution in [0.4, 0.5) is 0 Å². The molecular formula is C21H16Br2N2O2. The highest BCUT2D eigenvalue weighted by molar-refractivity contribution is 9.10. The van der Waals surface area contributed by atoms with Crippen LogP contribution in [-0.2, 0) is 6.61 Å². The van der Waals surface area contributed by atoms with Crippen molar-refractivity contribution >= 4 is 44.0 Å². The third kappa shape index (κ3) is 5.77. The molecule has 0 radical (unpaired) electrons. The van der Waals surface area contributed by atoms with Gasteiger partial charge in [-0.05, 0) is 63.5 Å². The molecule has 0 bridgehead atoms. The molecule has 0 heterocycles. The number of halogens is 2. The number of amides is 1. The lowest BCUT2D eigenvalue weighted by atomic mass is 10.2. The van der Waals surface area contributed by atoms with Gasteiger partial charge in [-0.15, -0.1) is 0 Å². The zero-order valence-electron chi connectivity index (χ0n) is 14.2. The van der Waals surface area contributed by atoms with E-state index in [4.69, 9.17) is 4.74 Å². The Kier molecular flexibility index (Phi) is 6.79. The molecule has 136 valence electrons. The summed E-state index contributed by atoms with van der Waals surface area (Å²) in [6.07, 6.45) is 1.58. The maximum absolute atomic E-state index is 12.1. The number of hydrogen-bond donors (Lipinski definition) is 1. The predicted molar refractivity (Wildman–Crippen MR) is 114 cm³/mol. The normalized spacial score (nSPS) is 10.7. The smallest absolute Gasteiger partial charge is 0.272 e. The molecule has 1 amide bonds. The number of rotatable bonds is 6. The highest BCUT2D eigenvalue weighted by Gasteiger charge is 2.07. The van der Waals surface area contributed by atoms with Crippen molar-refractivity contribution in [2.75, 3.05) is 0 Å². The summed E-state index contributed by atoms with van der Waals surface area (Å²) < 4.78 is 7.57. The minimum Gasteiger partial charge on any atom is -0.489 e. The Morgan fingerprint density at radius 3 is 2.56 bits per heavy atom. The minimum atomic E-state index is -0.277. The van der Waals surface area contributed by atoms with Gasteiger partial charge in [0.1, 0.15) is 12.4 Å². The molecule has 0 saturated heterocycles. The van der Waals surface area contributed by atoms with Crippen LogP contribution in [0, 0.1) is 0 Å². The van der Waals surface area contributed by atoms with Crippen LogP contribution in [0.3, 0.4) is 0 Å². The van der Waals surface area contributed by atoms with E-state index in [0.717, 1.165) is 25.8 Å². The lowest BCUT2D eigenvalue weighted by molar-refractivity contribution is 0.0954. The summed E-state index contributed by atoms with van der Waals surface area (Å²) in [6, 6.07) is 22.7. The summed E-state index contributed by atoms with van der Waals surface area (Å²) in [7, 11) is 0. The second kappa shape index (κ2) is 9.48. The van der Waals surface area contributed by atoms with E-state index in [1.54, 1.807) is 18.3 Å². The Labute approximate surface area is 174 Å². The molecule has 0 fully saturated rings. The summed E-state index contributed by atoms with van der Waals surface area (Å²) in [5.74, 6) is 0.459. The quantitative estimate of drug-likeness (QED) is 0.365. The molecule has 4 nitrogen and oxygen atoms in total. The molecule has 0 aromatic heterocycles. The van der Waals surface area contributed by atoms with Crippen LogP contribution in [0.1, 0.15) is 21.5 Å². The average Bonchev–Trinajstić information content (AvgIpc) is 2.68. The third-order valence-corrected chi connectivity index (χ3v) is 4.90. The largest absolute Gasteiger partial charge is 0.489 e. The summed E-state index contributed by atoms with van der Waals surface area (Å²) in [4.78, 5) is 12.1. The second-order valence-corrected chi connectivity index (χ2v) is 7.44. The van der Waals surface area contributed by atoms with Crippen molar-refractivity contribution in [2.45, 2.75) is 6.61 Å². The first-order chi connectivity index (χ1) is 13.1. The van der Waals surface area contributed by atoms with E-state index in [0.29, 0.717) is 12.2 Å². The zero-order valence-corrected chi connectivity index (χ0v) is 17.4. The fourth-order valence-electron chi connectivity index (χ4n) is 2.30. The lowest BCUT2D eigenvalue weighted by Gasteiger charge is -2.07. The number of carbonyl (C=O) groups is 1. The Balaban J connectivity index is 1.58. The third-order valence-electron chi connectivity index (χ3n) is 3.68. The van der Waals surface area contributed by atoms with Crippen molar-refractivity contribution in [1.82, 2.24) is 5.43 Å². The van der Waals surface area contributed by atoms with Gasteiger partial charge in [-0.3, -0.25) is 4.79 Å². The van der Waals surface area contributed by atoms with E-state index in [1.165, 1.54) is 0 Å². The fraction of sp³-hybridized carbons (Fsp3) is 0.0476. The highest BCUT2D eigenvalue weighted by atomic mass is 79.9. The predicted octanol–water partition coefficient (Wildman–Crippen LogP) is 5.55. The van der Waals surface area contributed by atoms with E-state index in [-0.39, 0.29) is 5.91 Å². The number of hydrazone groups is 1. The van der Waals surface area contributed by atoms with Gasteiger partial charge >= 0.3 is 0 Å². The molecule has 3 aromatic carbocycles. The van der Waals surface area contributed by atoms with Crippen LogP contribution in [0.2, 0.25) is 0 Å². The topological polar surface area (TPSA) is 50.7 Å². The molecular weight excluding hydrogens is 472 g/mol. The Morgan fingerprint density at radius 1 is 1.00 bits per heavy atom. The number of hydrogen-bond acceptors (Lipinski definition) is 3. The number of ether oxygens (including phenoxy) is 1. The first-order valence-electron chi connectivity index (χ1n) is 8.17. The summed E-state index contributed by atoms with van der Waals surface area (Å²) in [6.45, 7) is 0.479. The zero-order chi connectivity index (χ0) is 19.1. The van der Waals surface area contributed by atoms with E-state index in [1.807, 2.05) is 60.7 Å². The summed E-state index contributed by atoms with van der Waals surface area (Å²) >= 11 is 6.77. The molecule has 0 spiro atoms. The van der Waals surface area contributed by atoms with Gasteiger partial charge in [-0.1, -0.05) is 52.3 Å². The monoisotopic (exact) mass is 486 g/mol.